The number of benzene rings is 1. The summed E-state index contributed by atoms with van der Waals surface area (Å²) in [6.45, 7) is 0. The highest BCUT2D eigenvalue weighted by Gasteiger charge is 2.10. The van der Waals surface area contributed by atoms with E-state index in [1.807, 2.05) is 0 Å². The highest BCUT2D eigenvalue weighted by molar-refractivity contribution is 6.04. The van der Waals surface area contributed by atoms with Crippen LogP contribution in [0.4, 0.5) is 5.69 Å². The van der Waals surface area contributed by atoms with Gasteiger partial charge in [0.15, 0.2) is 11.5 Å². The van der Waals surface area contributed by atoms with Crippen molar-refractivity contribution in [3.05, 3.63) is 42.1 Å². The molecule has 0 aliphatic carbocycles. The molecule has 2 rings (SSSR count). The second kappa shape index (κ2) is 5.92. The van der Waals surface area contributed by atoms with Crippen molar-refractivity contribution in [2.45, 2.75) is 0 Å². The zero-order valence-electron chi connectivity index (χ0n) is 11.1. The van der Waals surface area contributed by atoms with Crippen molar-refractivity contribution in [3.8, 4) is 17.4 Å². The lowest BCUT2D eigenvalue weighted by Gasteiger charge is -2.07. The van der Waals surface area contributed by atoms with E-state index in [1.165, 1.54) is 32.5 Å². The number of ether oxygens (including phenoxy) is 2. The quantitative estimate of drug-likeness (QED) is 0.892. The van der Waals surface area contributed by atoms with Crippen molar-refractivity contribution in [1.29, 1.82) is 0 Å². The smallest absolute Gasteiger partial charge is 0.255 e. The van der Waals surface area contributed by atoms with Crippen LogP contribution in [-0.2, 0) is 0 Å². The molecule has 0 saturated heterocycles. The number of aromatic nitrogens is 1. The summed E-state index contributed by atoms with van der Waals surface area (Å²) in [5.41, 5.74) is 0.852. The molecule has 0 atom stereocenters. The summed E-state index contributed by atoms with van der Waals surface area (Å²) in [4.78, 5) is 16.0. The highest BCUT2D eigenvalue weighted by atomic mass is 16.5. The lowest BCUT2D eigenvalue weighted by atomic mass is 10.2. The molecule has 0 saturated carbocycles. The fourth-order valence-corrected chi connectivity index (χ4v) is 1.61. The van der Waals surface area contributed by atoms with Gasteiger partial charge in [0.25, 0.3) is 5.91 Å². The number of phenolic OH excluding ortho intramolecular Hbond substituents is 1. The van der Waals surface area contributed by atoms with Crippen LogP contribution in [0, 0.1) is 0 Å². The Labute approximate surface area is 116 Å². The molecular formula is C14H14N2O4. The van der Waals surface area contributed by atoms with Gasteiger partial charge in [-0.3, -0.25) is 4.79 Å². The normalized spacial score (nSPS) is 9.90. The molecule has 1 heterocycles. The summed E-state index contributed by atoms with van der Waals surface area (Å²) in [5, 5.41) is 12.3. The predicted octanol–water partition coefficient (Wildman–Crippen LogP) is 2.06. The van der Waals surface area contributed by atoms with Crippen LogP contribution in [0.5, 0.6) is 17.4 Å². The van der Waals surface area contributed by atoms with Crippen LogP contribution in [0.1, 0.15) is 10.4 Å². The van der Waals surface area contributed by atoms with Crippen LogP contribution >= 0.6 is 0 Å². The maximum absolute atomic E-state index is 12.0. The fraction of sp³-hybridized carbons (Fsp3) is 0.143. The Hall–Kier alpha value is -2.76. The molecule has 0 unspecified atom stereocenters. The minimum Gasteiger partial charge on any atom is -0.504 e. The van der Waals surface area contributed by atoms with Crippen LogP contribution in [-0.4, -0.2) is 30.2 Å². The number of hydrogen-bond donors (Lipinski definition) is 2. The van der Waals surface area contributed by atoms with Gasteiger partial charge in [0, 0.05) is 11.6 Å². The van der Waals surface area contributed by atoms with Crippen LogP contribution in [0.25, 0.3) is 0 Å². The van der Waals surface area contributed by atoms with E-state index in [4.69, 9.17) is 9.47 Å². The zero-order valence-corrected chi connectivity index (χ0v) is 11.1. The first kappa shape index (κ1) is 13.7. The molecule has 0 spiro atoms. The third-order valence-corrected chi connectivity index (χ3v) is 2.64. The molecule has 0 aliphatic rings. The number of phenols is 1. The molecule has 0 fully saturated rings. The average molecular weight is 274 g/mol. The van der Waals surface area contributed by atoms with Gasteiger partial charge in [-0.25, -0.2) is 4.98 Å². The molecule has 104 valence electrons. The van der Waals surface area contributed by atoms with Crippen molar-refractivity contribution in [2.24, 2.45) is 0 Å². The van der Waals surface area contributed by atoms with E-state index in [0.29, 0.717) is 22.9 Å². The Morgan fingerprint density at radius 2 is 2.00 bits per heavy atom. The van der Waals surface area contributed by atoms with E-state index in [0.717, 1.165) is 0 Å². The molecule has 6 heteroatoms. The first-order valence-corrected chi connectivity index (χ1v) is 5.82. The Kier molecular flexibility index (Phi) is 4.05. The average Bonchev–Trinajstić information content (AvgIpc) is 2.48. The van der Waals surface area contributed by atoms with Crippen molar-refractivity contribution in [2.75, 3.05) is 19.5 Å². The van der Waals surface area contributed by atoms with Gasteiger partial charge in [-0.15, -0.1) is 0 Å². The van der Waals surface area contributed by atoms with Crippen molar-refractivity contribution >= 4 is 11.6 Å². The number of pyridine rings is 1. The standard InChI is InChI=1S/C14H14N2O4/c1-19-12-5-3-9(7-11(12)17)14(18)16-10-4-6-13(20-2)15-8-10/h3-8,17H,1-2H3,(H,16,18). The van der Waals surface area contributed by atoms with Crippen molar-refractivity contribution in [1.82, 2.24) is 4.98 Å². The van der Waals surface area contributed by atoms with Gasteiger partial charge in [0.05, 0.1) is 26.1 Å². The molecule has 2 N–H and O–H groups in total. The van der Waals surface area contributed by atoms with Gasteiger partial charge in [-0.2, -0.15) is 0 Å². The Bertz CT molecular complexity index is 611. The first-order valence-electron chi connectivity index (χ1n) is 5.82. The van der Waals surface area contributed by atoms with E-state index in [1.54, 1.807) is 18.2 Å². The van der Waals surface area contributed by atoms with Gasteiger partial charge in [0.2, 0.25) is 5.88 Å². The Morgan fingerprint density at radius 3 is 2.55 bits per heavy atom. The number of amides is 1. The fourth-order valence-electron chi connectivity index (χ4n) is 1.61. The second-order valence-electron chi connectivity index (χ2n) is 3.93. The number of carbonyl (C=O) groups is 1. The molecule has 0 radical (unpaired) electrons. The Balaban J connectivity index is 2.12. The molecule has 20 heavy (non-hydrogen) atoms. The van der Waals surface area contributed by atoms with Crippen molar-refractivity contribution < 1.29 is 19.4 Å². The van der Waals surface area contributed by atoms with Crippen LogP contribution in [0.3, 0.4) is 0 Å². The van der Waals surface area contributed by atoms with Gasteiger partial charge in [0.1, 0.15) is 0 Å². The topological polar surface area (TPSA) is 80.7 Å². The number of methoxy groups -OCH3 is 2. The van der Waals surface area contributed by atoms with Gasteiger partial charge >= 0.3 is 0 Å². The van der Waals surface area contributed by atoms with Crippen molar-refractivity contribution in [3.63, 3.8) is 0 Å². The minimum atomic E-state index is -0.352. The molecule has 1 aromatic carbocycles. The van der Waals surface area contributed by atoms with Crippen LogP contribution in [0.15, 0.2) is 36.5 Å². The summed E-state index contributed by atoms with van der Waals surface area (Å²) < 4.78 is 9.85. The van der Waals surface area contributed by atoms with Gasteiger partial charge < -0.3 is 19.9 Å². The second-order valence-corrected chi connectivity index (χ2v) is 3.93. The van der Waals surface area contributed by atoms with Crippen LogP contribution < -0.4 is 14.8 Å². The largest absolute Gasteiger partial charge is 0.504 e. The van der Waals surface area contributed by atoms with E-state index in [2.05, 4.69) is 10.3 Å². The lowest BCUT2D eigenvalue weighted by Crippen LogP contribution is -2.12. The summed E-state index contributed by atoms with van der Waals surface area (Å²) in [7, 11) is 2.96. The third-order valence-electron chi connectivity index (χ3n) is 2.64. The monoisotopic (exact) mass is 274 g/mol. The number of nitrogens with zero attached hydrogens (tertiary/aromatic N) is 1. The minimum absolute atomic E-state index is 0.0898. The van der Waals surface area contributed by atoms with E-state index < -0.39 is 0 Å². The SMILES string of the molecule is COc1ccc(NC(=O)c2ccc(OC)c(O)c2)cn1. The van der Waals surface area contributed by atoms with Crippen LogP contribution in [0.2, 0.25) is 0 Å². The molecule has 0 aliphatic heterocycles. The summed E-state index contributed by atoms with van der Waals surface area (Å²) in [5.74, 6) is 0.334. The number of anilines is 1. The zero-order chi connectivity index (χ0) is 14.5. The molecule has 0 bridgehead atoms. The number of carbonyl (C=O) groups excluding carboxylic acids is 1. The molecule has 6 nitrogen and oxygen atoms in total. The number of nitrogens with one attached hydrogen (secondary N) is 1. The van der Waals surface area contributed by atoms with Gasteiger partial charge in [-0.05, 0) is 24.3 Å². The maximum Gasteiger partial charge on any atom is 0.255 e. The summed E-state index contributed by atoms with van der Waals surface area (Å²) in [6, 6.07) is 7.74. The number of rotatable bonds is 4. The lowest BCUT2D eigenvalue weighted by molar-refractivity contribution is 0.102. The summed E-state index contributed by atoms with van der Waals surface area (Å²) >= 11 is 0. The van der Waals surface area contributed by atoms with E-state index >= 15 is 0 Å². The summed E-state index contributed by atoms with van der Waals surface area (Å²) in [6.07, 6.45) is 1.49. The van der Waals surface area contributed by atoms with Gasteiger partial charge in [-0.1, -0.05) is 0 Å². The molecule has 1 aromatic heterocycles. The van der Waals surface area contributed by atoms with E-state index in [9.17, 15) is 9.90 Å². The maximum atomic E-state index is 12.0. The third kappa shape index (κ3) is 2.97. The molecule has 2 aromatic rings. The van der Waals surface area contributed by atoms with E-state index in [-0.39, 0.29) is 11.7 Å². The molecule has 1 amide bonds. The first-order chi connectivity index (χ1) is 9.63. The predicted molar refractivity (Wildman–Crippen MR) is 73.4 cm³/mol. The number of hydrogen-bond acceptors (Lipinski definition) is 5. The highest BCUT2D eigenvalue weighted by Crippen LogP contribution is 2.26. The molecular weight excluding hydrogens is 260 g/mol. The number of aromatic hydroxyl groups is 1. The Morgan fingerprint density at radius 1 is 1.20 bits per heavy atom.